The van der Waals surface area contributed by atoms with E-state index in [0.717, 1.165) is 17.9 Å². The highest BCUT2D eigenvalue weighted by atomic mass is 32.2. The molecule has 5 nitrogen and oxygen atoms in total. The SMILES string of the molecule is CCOC(=O)C(C)(CC)Oc1ccc(OC/C=C(/C)c2ccc3c(c2)N(CC)c2ccccc2S3)cc1. The van der Waals surface area contributed by atoms with Crippen molar-refractivity contribution in [3.63, 3.8) is 0 Å². The normalized spacial score (nSPS) is 14.3. The maximum atomic E-state index is 12.3. The van der Waals surface area contributed by atoms with Crippen molar-refractivity contribution < 1.29 is 19.0 Å². The summed E-state index contributed by atoms with van der Waals surface area (Å²) in [5.41, 5.74) is 3.84. The van der Waals surface area contributed by atoms with Crippen molar-refractivity contribution in [2.75, 3.05) is 24.7 Å². The minimum absolute atomic E-state index is 0.326. The van der Waals surface area contributed by atoms with Crippen LogP contribution in [-0.2, 0) is 9.53 Å². The summed E-state index contributed by atoms with van der Waals surface area (Å²) < 4.78 is 17.1. The Hall–Kier alpha value is -3.38. The maximum Gasteiger partial charge on any atom is 0.350 e. The van der Waals surface area contributed by atoms with Gasteiger partial charge in [0.2, 0.25) is 5.60 Å². The molecule has 1 unspecified atom stereocenters. The monoisotopic (exact) mass is 517 g/mol. The molecule has 0 spiro atoms. The molecule has 6 heteroatoms. The van der Waals surface area contributed by atoms with E-state index in [1.807, 2.05) is 43.0 Å². The van der Waals surface area contributed by atoms with Gasteiger partial charge in [-0.3, -0.25) is 0 Å². The third-order valence-corrected chi connectivity index (χ3v) is 7.72. The lowest BCUT2D eigenvalue weighted by Gasteiger charge is -2.32. The first-order valence-electron chi connectivity index (χ1n) is 12.8. The van der Waals surface area contributed by atoms with Gasteiger partial charge in [0.25, 0.3) is 0 Å². The van der Waals surface area contributed by atoms with E-state index in [9.17, 15) is 4.79 Å². The lowest BCUT2D eigenvalue weighted by atomic mass is 10.0. The molecule has 194 valence electrons. The second-order valence-corrected chi connectivity index (χ2v) is 10.2. The zero-order valence-corrected chi connectivity index (χ0v) is 23.1. The number of para-hydroxylation sites is 1. The summed E-state index contributed by atoms with van der Waals surface area (Å²) in [6.07, 6.45) is 2.61. The van der Waals surface area contributed by atoms with Crippen LogP contribution in [0.15, 0.2) is 82.6 Å². The number of allylic oxidation sites excluding steroid dienone is 1. The van der Waals surface area contributed by atoms with Crippen LogP contribution < -0.4 is 14.4 Å². The van der Waals surface area contributed by atoms with E-state index >= 15 is 0 Å². The van der Waals surface area contributed by atoms with E-state index in [1.165, 1.54) is 26.7 Å². The van der Waals surface area contributed by atoms with Crippen LogP contribution in [0.25, 0.3) is 5.57 Å². The second kappa shape index (κ2) is 11.8. The Kier molecular flexibility index (Phi) is 8.49. The van der Waals surface area contributed by atoms with Gasteiger partial charge in [0.15, 0.2) is 0 Å². The standard InChI is InChI=1S/C31H35NO4S/c1-6-31(5,30(33)34-8-3)36-25-16-14-24(15-17-25)35-20-19-22(4)23-13-18-29-27(21-23)32(7-2)26-11-9-10-12-28(26)37-29/h9-19,21H,6-8,20H2,1-5H3/b22-19-. The van der Waals surface area contributed by atoms with Gasteiger partial charge in [0.05, 0.1) is 18.0 Å². The van der Waals surface area contributed by atoms with E-state index in [1.54, 1.807) is 13.8 Å². The molecule has 0 aliphatic carbocycles. The van der Waals surface area contributed by atoms with E-state index in [2.05, 4.69) is 67.3 Å². The molecule has 0 amide bonds. The molecule has 0 fully saturated rings. The highest BCUT2D eigenvalue weighted by molar-refractivity contribution is 7.99. The van der Waals surface area contributed by atoms with Gasteiger partial charge in [-0.05, 0) is 99.9 Å². The first-order chi connectivity index (χ1) is 17.9. The van der Waals surface area contributed by atoms with Crippen molar-refractivity contribution in [1.82, 2.24) is 0 Å². The van der Waals surface area contributed by atoms with Gasteiger partial charge >= 0.3 is 5.97 Å². The van der Waals surface area contributed by atoms with Crippen molar-refractivity contribution in [2.45, 2.75) is 56.4 Å². The summed E-state index contributed by atoms with van der Waals surface area (Å²) in [5.74, 6) is 0.984. The summed E-state index contributed by atoms with van der Waals surface area (Å²) in [6.45, 7) is 11.4. The lowest BCUT2D eigenvalue weighted by Crippen LogP contribution is -2.42. The van der Waals surface area contributed by atoms with E-state index in [0.29, 0.717) is 25.4 Å². The quantitative estimate of drug-likeness (QED) is 0.255. The molecule has 0 saturated heterocycles. The molecule has 0 aromatic heterocycles. The van der Waals surface area contributed by atoms with E-state index < -0.39 is 5.60 Å². The summed E-state index contributed by atoms with van der Waals surface area (Å²) in [4.78, 5) is 17.2. The number of rotatable bonds is 10. The predicted molar refractivity (Wildman–Crippen MR) is 151 cm³/mol. The van der Waals surface area contributed by atoms with Crippen molar-refractivity contribution in [3.05, 3.63) is 78.4 Å². The highest BCUT2D eigenvalue weighted by Gasteiger charge is 2.35. The molecule has 0 N–H and O–H groups in total. The fourth-order valence-electron chi connectivity index (χ4n) is 4.20. The van der Waals surface area contributed by atoms with Gasteiger partial charge in [-0.25, -0.2) is 4.79 Å². The number of carbonyl (C=O) groups excluding carboxylic acids is 1. The van der Waals surface area contributed by atoms with Crippen LogP contribution in [0, 0.1) is 0 Å². The zero-order valence-electron chi connectivity index (χ0n) is 22.2. The summed E-state index contributed by atoms with van der Waals surface area (Å²) in [5, 5.41) is 0. The van der Waals surface area contributed by atoms with Crippen LogP contribution in [-0.4, -0.2) is 31.3 Å². The summed E-state index contributed by atoms with van der Waals surface area (Å²) in [6, 6.07) is 22.6. The van der Waals surface area contributed by atoms with Gasteiger partial charge in [0, 0.05) is 16.3 Å². The fourth-order valence-corrected chi connectivity index (χ4v) is 5.28. The molecule has 1 heterocycles. The summed E-state index contributed by atoms with van der Waals surface area (Å²) in [7, 11) is 0. The molecule has 3 aromatic rings. The van der Waals surface area contributed by atoms with E-state index in [-0.39, 0.29) is 5.97 Å². The Balaban J connectivity index is 1.40. The number of nitrogens with zero attached hydrogens (tertiary/aromatic N) is 1. The number of anilines is 2. The van der Waals surface area contributed by atoms with Crippen molar-refractivity contribution in [2.24, 2.45) is 0 Å². The fraction of sp³-hybridized carbons (Fsp3) is 0.323. The first-order valence-corrected chi connectivity index (χ1v) is 13.6. The number of esters is 1. The number of hydrogen-bond donors (Lipinski definition) is 0. The molecule has 3 aromatic carbocycles. The molecule has 0 saturated carbocycles. The topological polar surface area (TPSA) is 48.0 Å². The Morgan fingerprint density at radius 1 is 0.946 bits per heavy atom. The minimum Gasteiger partial charge on any atom is -0.490 e. The lowest BCUT2D eigenvalue weighted by molar-refractivity contribution is -0.160. The number of ether oxygens (including phenoxy) is 3. The van der Waals surface area contributed by atoms with Gasteiger partial charge in [-0.1, -0.05) is 36.9 Å². The minimum atomic E-state index is -1.01. The highest BCUT2D eigenvalue weighted by Crippen LogP contribution is 2.48. The first kappa shape index (κ1) is 26.7. The zero-order chi connectivity index (χ0) is 26.4. The second-order valence-electron chi connectivity index (χ2n) is 9.07. The van der Waals surface area contributed by atoms with Crippen LogP contribution in [0.3, 0.4) is 0 Å². The maximum absolute atomic E-state index is 12.3. The van der Waals surface area contributed by atoms with Crippen LogP contribution in [0.5, 0.6) is 11.5 Å². The third-order valence-electron chi connectivity index (χ3n) is 6.59. The van der Waals surface area contributed by atoms with Crippen molar-refractivity contribution in [3.8, 4) is 11.5 Å². The molecule has 0 radical (unpaired) electrons. The molecule has 0 bridgehead atoms. The predicted octanol–water partition coefficient (Wildman–Crippen LogP) is 7.90. The van der Waals surface area contributed by atoms with Crippen LogP contribution in [0.2, 0.25) is 0 Å². The largest absolute Gasteiger partial charge is 0.490 e. The Labute approximate surface area is 224 Å². The summed E-state index contributed by atoms with van der Waals surface area (Å²) >= 11 is 1.83. The molecular formula is C31H35NO4S. The average molecular weight is 518 g/mol. The molecule has 1 aliphatic heterocycles. The number of carbonyl (C=O) groups is 1. The van der Waals surface area contributed by atoms with Crippen LogP contribution >= 0.6 is 11.8 Å². The molecule has 1 aliphatic rings. The molecular weight excluding hydrogens is 482 g/mol. The molecule has 37 heavy (non-hydrogen) atoms. The van der Waals surface area contributed by atoms with Crippen LogP contribution in [0.4, 0.5) is 11.4 Å². The van der Waals surface area contributed by atoms with Crippen molar-refractivity contribution >= 4 is 34.7 Å². The van der Waals surface area contributed by atoms with Gasteiger partial charge in [-0.2, -0.15) is 0 Å². The smallest absolute Gasteiger partial charge is 0.350 e. The molecule has 1 atom stereocenters. The van der Waals surface area contributed by atoms with Gasteiger partial charge < -0.3 is 19.1 Å². The third kappa shape index (κ3) is 5.96. The number of benzene rings is 3. The Morgan fingerprint density at radius 3 is 2.35 bits per heavy atom. The van der Waals surface area contributed by atoms with E-state index in [4.69, 9.17) is 14.2 Å². The average Bonchev–Trinajstić information content (AvgIpc) is 2.92. The number of fused-ring (bicyclic) bond motifs is 2. The van der Waals surface area contributed by atoms with Crippen LogP contribution in [0.1, 0.15) is 46.6 Å². The Morgan fingerprint density at radius 2 is 1.65 bits per heavy atom. The molecule has 4 rings (SSSR count). The van der Waals surface area contributed by atoms with Crippen molar-refractivity contribution in [1.29, 1.82) is 0 Å². The number of hydrogen-bond acceptors (Lipinski definition) is 6. The van der Waals surface area contributed by atoms with Gasteiger partial charge in [0.1, 0.15) is 18.1 Å². The Bertz CT molecular complexity index is 1270. The van der Waals surface area contributed by atoms with Gasteiger partial charge in [-0.15, -0.1) is 0 Å².